The van der Waals surface area contributed by atoms with Crippen molar-refractivity contribution >= 4 is 5.69 Å². The molecule has 2 N–H and O–H groups in total. The zero-order valence-electron chi connectivity index (χ0n) is 13.3. The summed E-state index contributed by atoms with van der Waals surface area (Å²) in [5.41, 5.74) is 8.99. The van der Waals surface area contributed by atoms with Gasteiger partial charge in [0.2, 0.25) is 0 Å². The molecule has 1 aromatic heterocycles. The molecule has 0 radical (unpaired) electrons. The highest BCUT2D eigenvalue weighted by Gasteiger charge is 2.09. The highest BCUT2D eigenvalue weighted by Crippen LogP contribution is 2.15. The van der Waals surface area contributed by atoms with Crippen LogP contribution in [0.3, 0.4) is 0 Å². The first-order chi connectivity index (χ1) is 10.1. The molecular formula is C17H26N4. The highest BCUT2D eigenvalue weighted by atomic mass is 15.3. The van der Waals surface area contributed by atoms with E-state index in [9.17, 15) is 0 Å². The molecule has 0 bridgehead atoms. The van der Waals surface area contributed by atoms with Crippen LogP contribution in [0.4, 0.5) is 5.69 Å². The average molecular weight is 286 g/mol. The van der Waals surface area contributed by atoms with Gasteiger partial charge in [-0.15, -0.1) is 0 Å². The molecule has 0 amide bonds. The first kappa shape index (κ1) is 15.6. The van der Waals surface area contributed by atoms with Gasteiger partial charge < -0.3 is 5.73 Å². The third-order valence-electron chi connectivity index (χ3n) is 3.82. The molecule has 0 atom stereocenters. The smallest absolute Gasteiger partial charge is 0.0764 e. The van der Waals surface area contributed by atoms with Gasteiger partial charge in [0.15, 0.2) is 0 Å². The molecule has 0 spiro atoms. The predicted molar refractivity (Wildman–Crippen MR) is 87.9 cm³/mol. The Morgan fingerprint density at radius 1 is 1.19 bits per heavy atom. The first-order valence-corrected chi connectivity index (χ1v) is 7.69. The molecule has 1 aromatic carbocycles. The summed E-state index contributed by atoms with van der Waals surface area (Å²) >= 11 is 0. The Labute approximate surface area is 127 Å². The second kappa shape index (κ2) is 7.27. The monoisotopic (exact) mass is 286 g/mol. The van der Waals surface area contributed by atoms with E-state index in [1.165, 1.54) is 5.56 Å². The van der Waals surface area contributed by atoms with Gasteiger partial charge in [-0.1, -0.05) is 26.0 Å². The maximum atomic E-state index is 5.82. The van der Waals surface area contributed by atoms with Crippen molar-refractivity contribution in [1.82, 2.24) is 14.7 Å². The summed E-state index contributed by atoms with van der Waals surface area (Å²) in [6, 6.07) is 10.7. The Morgan fingerprint density at radius 3 is 2.62 bits per heavy atom. The average Bonchev–Trinajstić information content (AvgIpc) is 2.88. The van der Waals surface area contributed by atoms with Crippen molar-refractivity contribution in [2.75, 3.05) is 12.8 Å². The van der Waals surface area contributed by atoms with Gasteiger partial charge in [0.05, 0.1) is 11.7 Å². The second-order valence-corrected chi connectivity index (χ2v) is 5.67. The van der Waals surface area contributed by atoms with Gasteiger partial charge in [0.1, 0.15) is 0 Å². The van der Waals surface area contributed by atoms with Crippen LogP contribution in [0.1, 0.15) is 44.0 Å². The van der Waals surface area contributed by atoms with Crippen molar-refractivity contribution < 1.29 is 0 Å². The molecule has 0 aliphatic rings. The van der Waals surface area contributed by atoms with E-state index < -0.39 is 0 Å². The van der Waals surface area contributed by atoms with Crippen LogP contribution < -0.4 is 5.73 Å². The molecule has 21 heavy (non-hydrogen) atoms. The summed E-state index contributed by atoms with van der Waals surface area (Å²) in [4.78, 5) is 2.26. The van der Waals surface area contributed by atoms with E-state index in [4.69, 9.17) is 10.8 Å². The van der Waals surface area contributed by atoms with Gasteiger partial charge in [0.25, 0.3) is 0 Å². The number of nitrogens with two attached hydrogens (primary N) is 1. The van der Waals surface area contributed by atoms with Crippen LogP contribution in [-0.2, 0) is 13.1 Å². The van der Waals surface area contributed by atoms with Crippen molar-refractivity contribution in [3.8, 4) is 0 Å². The standard InChI is InChI=1S/C17H26N4/c1-4-17(5-2)21-10-9-16(19-21)13-20(3)12-14-7-6-8-15(18)11-14/h6-11,17H,4-5,12-13,18H2,1-3H3. The minimum Gasteiger partial charge on any atom is -0.399 e. The summed E-state index contributed by atoms with van der Waals surface area (Å²) in [5.74, 6) is 0. The van der Waals surface area contributed by atoms with E-state index >= 15 is 0 Å². The van der Waals surface area contributed by atoms with Crippen molar-refractivity contribution in [2.45, 2.75) is 45.8 Å². The fraction of sp³-hybridized carbons (Fsp3) is 0.471. The first-order valence-electron chi connectivity index (χ1n) is 7.69. The van der Waals surface area contributed by atoms with E-state index in [1.54, 1.807) is 0 Å². The summed E-state index contributed by atoms with van der Waals surface area (Å²) in [7, 11) is 2.11. The van der Waals surface area contributed by atoms with Crippen LogP contribution in [0.15, 0.2) is 36.5 Å². The lowest BCUT2D eigenvalue weighted by atomic mass is 10.2. The van der Waals surface area contributed by atoms with Crippen molar-refractivity contribution in [3.63, 3.8) is 0 Å². The van der Waals surface area contributed by atoms with Crippen molar-refractivity contribution in [1.29, 1.82) is 0 Å². The Balaban J connectivity index is 1.95. The molecule has 0 fully saturated rings. The zero-order chi connectivity index (χ0) is 15.2. The third-order valence-corrected chi connectivity index (χ3v) is 3.82. The minimum absolute atomic E-state index is 0.512. The topological polar surface area (TPSA) is 47.1 Å². The summed E-state index contributed by atoms with van der Waals surface area (Å²) in [6.45, 7) is 6.15. The van der Waals surface area contributed by atoms with Gasteiger partial charge in [-0.2, -0.15) is 5.10 Å². The van der Waals surface area contributed by atoms with Crippen molar-refractivity contribution in [2.24, 2.45) is 0 Å². The third kappa shape index (κ3) is 4.33. The van der Waals surface area contributed by atoms with E-state index in [1.807, 2.05) is 18.2 Å². The lowest BCUT2D eigenvalue weighted by Gasteiger charge is -2.16. The summed E-state index contributed by atoms with van der Waals surface area (Å²) in [5, 5.41) is 4.70. The zero-order valence-corrected chi connectivity index (χ0v) is 13.3. The van der Waals surface area contributed by atoms with E-state index in [0.717, 1.165) is 37.3 Å². The van der Waals surface area contributed by atoms with Crippen LogP contribution >= 0.6 is 0 Å². The minimum atomic E-state index is 0.512. The predicted octanol–water partition coefficient (Wildman–Crippen LogP) is 3.46. The fourth-order valence-corrected chi connectivity index (χ4v) is 2.66. The van der Waals surface area contributed by atoms with Gasteiger partial charge in [-0.3, -0.25) is 9.58 Å². The van der Waals surface area contributed by atoms with Gasteiger partial charge in [-0.25, -0.2) is 0 Å². The maximum absolute atomic E-state index is 5.82. The Morgan fingerprint density at radius 2 is 1.95 bits per heavy atom. The number of hydrogen-bond donors (Lipinski definition) is 1. The fourth-order valence-electron chi connectivity index (χ4n) is 2.66. The van der Waals surface area contributed by atoms with E-state index in [-0.39, 0.29) is 0 Å². The van der Waals surface area contributed by atoms with Crippen molar-refractivity contribution in [3.05, 3.63) is 47.8 Å². The lowest BCUT2D eigenvalue weighted by Crippen LogP contribution is -2.18. The quantitative estimate of drug-likeness (QED) is 0.793. The summed E-state index contributed by atoms with van der Waals surface area (Å²) in [6.07, 6.45) is 4.34. The number of hydrogen-bond acceptors (Lipinski definition) is 3. The normalized spacial score (nSPS) is 11.5. The van der Waals surface area contributed by atoms with Crippen LogP contribution in [-0.4, -0.2) is 21.7 Å². The highest BCUT2D eigenvalue weighted by molar-refractivity contribution is 5.40. The van der Waals surface area contributed by atoms with Crippen LogP contribution in [0, 0.1) is 0 Å². The maximum Gasteiger partial charge on any atom is 0.0764 e. The van der Waals surface area contributed by atoms with Gasteiger partial charge in [-0.05, 0) is 43.7 Å². The molecule has 2 rings (SSSR count). The molecular weight excluding hydrogens is 260 g/mol. The van der Waals surface area contributed by atoms with Crippen LogP contribution in [0.2, 0.25) is 0 Å². The number of nitrogens with zero attached hydrogens (tertiary/aromatic N) is 3. The van der Waals surface area contributed by atoms with Gasteiger partial charge in [0, 0.05) is 25.0 Å². The number of nitrogen functional groups attached to an aromatic ring is 1. The number of anilines is 1. The number of benzene rings is 1. The molecule has 4 heteroatoms. The number of aromatic nitrogens is 2. The Bertz CT molecular complexity index is 557. The molecule has 114 valence electrons. The molecule has 0 aliphatic carbocycles. The molecule has 4 nitrogen and oxygen atoms in total. The Kier molecular flexibility index (Phi) is 5.39. The molecule has 0 saturated carbocycles. The molecule has 0 aliphatic heterocycles. The molecule has 0 saturated heterocycles. The van der Waals surface area contributed by atoms with Gasteiger partial charge >= 0.3 is 0 Å². The molecule has 2 aromatic rings. The lowest BCUT2D eigenvalue weighted by molar-refractivity contribution is 0.311. The largest absolute Gasteiger partial charge is 0.399 e. The van der Waals surface area contributed by atoms with E-state index in [0.29, 0.717) is 6.04 Å². The van der Waals surface area contributed by atoms with Crippen LogP contribution in [0.25, 0.3) is 0 Å². The molecule has 1 heterocycles. The van der Waals surface area contributed by atoms with Crippen LogP contribution in [0.5, 0.6) is 0 Å². The Hall–Kier alpha value is -1.81. The second-order valence-electron chi connectivity index (χ2n) is 5.67. The SMILES string of the molecule is CCC(CC)n1ccc(CN(C)Cc2cccc(N)c2)n1. The number of rotatable bonds is 7. The molecule has 0 unspecified atom stereocenters. The van der Waals surface area contributed by atoms with E-state index in [2.05, 4.69) is 48.8 Å². The summed E-state index contributed by atoms with van der Waals surface area (Å²) < 4.78 is 2.10.